The number of methoxy groups -OCH3 is 1. The van der Waals surface area contributed by atoms with Crippen LogP contribution in [0.5, 0.6) is 0 Å². The van der Waals surface area contributed by atoms with Crippen molar-refractivity contribution in [2.75, 3.05) is 7.11 Å². The second-order valence-electron chi connectivity index (χ2n) is 3.74. The van der Waals surface area contributed by atoms with E-state index in [2.05, 4.69) is 24.7 Å². The van der Waals surface area contributed by atoms with Gasteiger partial charge in [-0.3, -0.25) is 0 Å². The Morgan fingerprint density at radius 3 is 2.19 bits per heavy atom. The molecule has 0 heterocycles. The maximum absolute atomic E-state index is 10.9. The van der Waals surface area contributed by atoms with Gasteiger partial charge in [0.25, 0.3) is 0 Å². The van der Waals surface area contributed by atoms with Crippen LogP contribution >= 0.6 is 0 Å². The Kier molecular flexibility index (Phi) is 4.52. The summed E-state index contributed by atoms with van der Waals surface area (Å²) in [4.78, 5) is 10.9. The Morgan fingerprint density at radius 1 is 1.12 bits per heavy atom. The number of ether oxygens (including phenoxy) is 1. The van der Waals surface area contributed by atoms with E-state index in [4.69, 9.17) is 0 Å². The van der Waals surface area contributed by atoms with Crippen LogP contribution in [-0.4, -0.2) is 13.1 Å². The van der Waals surface area contributed by atoms with Crippen molar-refractivity contribution in [1.29, 1.82) is 0 Å². The summed E-state index contributed by atoms with van der Waals surface area (Å²) in [6.45, 7) is 4.12. The molecule has 0 unspecified atom stereocenters. The van der Waals surface area contributed by atoms with E-state index < -0.39 is 0 Å². The summed E-state index contributed by atoms with van der Waals surface area (Å²) in [5, 5.41) is 0. The van der Waals surface area contributed by atoms with Gasteiger partial charge in [-0.25, -0.2) is 4.79 Å². The fourth-order valence-corrected chi connectivity index (χ4v) is 1.27. The van der Waals surface area contributed by atoms with Crippen LogP contribution < -0.4 is 0 Å². The summed E-state index contributed by atoms with van der Waals surface area (Å²) in [5.74, 6) is -0.339. The molecule has 0 aliphatic carbocycles. The molecule has 16 heavy (non-hydrogen) atoms. The van der Waals surface area contributed by atoms with Crippen LogP contribution in [0.2, 0.25) is 0 Å². The summed E-state index contributed by atoms with van der Waals surface area (Å²) in [7, 11) is 1.37. The highest BCUT2D eigenvalue weighted by molar-refractivity contribution is 5.86. The zero-order valence-corrected chi connectivity index (χ0v) is 9.86. The van der Waals surface area contributed by atoms with Gasteiger partial charge in [0.1, 0.15) is 0 Å². The molecule has 0 saturated heterocycles. The van der Waals surface area contributed by atoms with Gasteiger partial charge in [-0.05, 0) is 31.1 Å². The highest BCUT2D eigenvalue weighted by Gasteiger charge is 1.92. The van der Waals surface area contributed by atoms with Crippen LogP contribution in [0, 0.1) is 0 Å². The molecule has 0 amide bonds. The summed E-state index contributed by atoms with van der Waals surface area (Å²) < 4.78 is 4.51. The van der Waals surface area contributed by atoms with Crippen molar-refractivity contribution in [1.82, 2.24) is 0 Å². The normalized spacial score (nSPS) is 10.2. The van der Waals surface area contributed by atoms with E-state index >= 15 is 0 Å². The molecule has 0 aliphatic rings. The number of esters is 1. The SMILES string of the molecule is COC(=O)/C=C/c1ccc(C=C(C)C)cc1. The summed E-state index contributed by atoms with van der Waals surface area (Å²) in [5.41, 5.74) is 3.41. The van der Waals surface area contributed by atoms with Crippen molar-refractivity contribution < 1.29 is 9.53 Å². The Morgan fingerprint density at radius 2 is 1.69 bits per heavy atom. The largest absolute Gasteiger partial charge is 0.466 e. The summed E-state index contributed by atoms with van der Waals surface area (Å²) in [6.07, 6.45) is 5.25. The average molecular weight is 216 g/mol. The molecular weight excluding hydrogens is 200 g/mol. The van der Waals surface area contributed by atoms with E-state index in [-0.39, 0.29) is 5.97 Å². The van der Waals surface area contributed by atoms with Crippen molar-refractivity contribution in [2.45, 2.75) is 13.8 Å². The minimum Gasteiger partial charge on any atom is -0.466 e. The minimum atomic E-state index is -0.339. The van der Waals surface area contributed by atoms with Crippen LogP contribution in [0.4, 0.5) is 0 Å². The Labute approximate surface area is 96.2 Å². The first kappa shape index (κ1) is 12.2. The zero-order chi connectivity index (χ0) is 12.0. The number of carbonyl (C=O) groups is 1. The van der Waals surface area contributed by atoms with E-state index in [0.717, 1.165) is 11.1 Å². The zero-order valence-electron chi connectivity index (χ0n) is 9.86. The number of benzene rings is 1. The average Bonchev–Trinajstić information content (AvgIpc) is 2.27. The third kappa shape index (κ3) is 4.13. The molecule has 0 bridgehead atoms. The number of carbonyl (C=O) groups excluding carboxylic acids is 1. The topological polar surface area (TPSA) is 26.3 Å². The number of rotatable bonds is 3. The molecule has 0 N–H and O–H groups in total. The van der Waals surface area contributed by atoms with Crippen molar-refractivity contribution in [3.8, 4) is 0 Å². The molecule has 1 aromatic rings. The Bertz CT molecular complexity index is 407. The first-order valence-electron chi connectivity index (χ1n) is 5.13. The van der Waals surface area contributed by atoms with Gasteiger partial charge in [0.2, 0.25) is 0 Å². The molecule has 0 radical (unpaired) electrons. The number of hydrogen-bond donors (Lipinski definition) is 0. The Hall–Kier alpha value is -1.83. The van der Waals surface area contributed by atoms with E-state index in [9.17, 15) is 4.79 Å². The third-order valence-electron chi connectivity index (χ3n) is 2.00. The van der Waals surface area contributed by atoms with Crippen LogP contribution in [-0.2, 0) is 9.53 Å². The smallest absolute Gasteiger partial charge is 0.330 e. The van der Waals surface area contributed by atoms with E-state index in [0.29, 0.717) is 0 Å². The maximum atomic E-state index is 10.9. The van der Waals surface area contributed by atoms with Gasteiger partial charge in [-0.2, -0.15) is 0 Å². The number of hydrogen-bond acceptors (Lipinski definition) is 2. The highest BCUT2D eigenvalue weighted by Crippen LogP contribution is 2.09. The molecule has 0 atom stereocenters. The quantitative estimate of drug-likeness (QED) is 0.572. The van der Waals surface area contributed by atoms with Crippen molar-refractivity contribution in [3.05, 3.63) is 47.0 Å². The molecule has 0 saturated carbocycles. The van der Waals surface area contributed by atoms with E-state index in [1.165, 1.54) is 18.8 Å². The van der Waals surface area contributed by atoms with Gasteiger partial charge in [0.05, 0.1) is 7.11 Å². The minimum absolute atomic E-state index is 0.339. The van der Waals surface area contributed by atoms with Gasteiger partial charge in [-0.1, -0.05) is 35.9 Å². The van der Waals surface area contributed by atoms with Gasteiger partial charge in [0.15, 0.2) is 0 Å². The monoisotopic (exact) mass is 216 g/mol. The molecule has 0 aromatic heterocycles. The fraction of sp³-hybridized carbons (Fsp3) is 0.214. The van der Waals surface area contributed by atoms with Gasteiger partial charge in [-0.15, -0.1) is 0 Å². The number of allylic oxidation sites excluding steroid dienone is 1. The first-order chi connectivity index (χ1) is 7.61. The standard InChI is InChI=1S/C14H16O2/c1-11(2)10-13-6-4-12(5-7-13)8-9-14(15)16-3/h4-10H,1-3H3/b9-8+. The van der Waals surface area contributed by atoms with Crippen LogP contribution in [0.25, 0.3) is 12.2 Å². The lowest BCUT2D eigenvalue weighted by Crippen LogP contribution is -1.93. The van der Waals surface area contributed by atoms with Crippen LogP contribution in [0.3, 0.4) is 0 Å². The van der Waals surface area contributed by atoms with E-state index in [1.54, 1.807) is 6.08 Å². The first-order valence-corrected chi connectivity index (χ1v) is 5.13. The molecule has 2 nitrogen and oxygen atoms in total. The lowest BCUT2D eigenvalue weighted by atomic mass is 10.1. The molecule has 1 rings (SSSR count). The second-order valence-corrected chi connectivity index (χ2v) is 3.74. The molecule has 84 valence electrons. The second kappa shape index (κ2) is 5.91. The molecule has 0 fully saturated rings. The lowest BCUT2D eigenvalue weighted by molar-refractivity contribution is -0.134. The van der Waals surface area contributed by atoms with Crippen LogP contribution in [0.1, 0.15) is 25.0 Å². The molecule has 0 spiro atoms. The molecule has 0 aliphatic heterocycles. The van der Waals surface area contributed by atoms with E-state index in [1.807, 2.05) is 24.3 Å². The van der Waals surface area contributed by atoms with Gasteiger partial charge in [0, 0.05) is 6.08 Å². The molecular formula is C14H16O2. The molecule has 2 heteroatoms. The summed E-state index contributed by atoms with van der Waals surface area (Å²) >= 11 is 0. The lowest BCUT2D eigenvalue weighted by Gasteiger charge is -1.97. The summed E-state index contributed by atoms with van der Waals surface area (Å²) in [6, 6.07) is 7.97. The maximum Gasteiger partial charge on any atom is 0.330 e. The predicted molar refractivity (Wildman–Crippen MR) is 66.8 cm³/mol. The van der Waals surface area contributed by atoms with Crippen LogP contribution in [0.15, 0.2) is 35.9 Å². The van der Waals surface area contributed by atoms with Crippen molar-refractivity contribution in [2.24, 2.45) is 0 Å². The van der Waals surface area contributed by atoms with Crippen molar-refractivity contribution in [3.63, 3.8) is 0 Å². The van der Waals surface area contributed by atoms with Gasteiger partial charge >= 0.3 is 5.97 Å². The predicted octanol–water partition coefficient (Wildman–Crippen LogP) is 3.30. The third-order valence-corrected chi connectivity index (χ3v) is 2.00. The fourth-order valence-electron chi connectivity index (χ4n) is 1.27. The van der Waals surface area contributed by atoms with Crippen molar-refractivity contribution >= 4 is 18.1 Å². The highest BCUT2D eigenvalue weighted by atomic mass is 16.5. The van der Waals surface area contributed by atoms with Gasteiger partial charge < -0.3 is 4.74 Å². The Balaban J connectivity index is 2.76. The molecule has 1 aromatic carbocycles.